The smallest absolute Gasteiger partial charge is 0.408 e. The van der Waals surface area contributed by atoms with Crippen LogP contribution in [0, 0.1) is 5.92 Å². The number of anilines is 1. The van der Waals surface area contributed by atoms with E-state index < -0.39 is 0 Å². The topological polar surface area (TPSA) is 47.2 Å². The van der Waals surface area contributed by atoms with Crippen molar-refractivity contribution in [2.45, 2.75) is 26.3 Å². The van der Waals surface area contributed by atoms with Gasteiger partial charge in [0, 0.05) is 24.8 Å². The van der Waals surface area contributed by atoms with E-state index in [4.69, 9.17) is 4.42 Å². The van der Waals surface area contributed by atoms with Crippen molar-refractivity contribution in [3.63, 3.8) is 0 Å². The molecule has 90 valence electrons. The van der Waals surface area contributed by atoms with Crippen molar-refractivity contribution in [2.75, 3.05) is 11.9 Å². The molecular formula is C13H16N2O2. The Kier molecular flexibility index (Phi) is 2.42. The van der Waals surface area contributed by atoms with Crippen LogP contribution in [-0.2, 0) is 6.54 Å². The maximum atomic E-state index is 11.7. The van der Waals surface area contributed by atoms with Gasteiger partial charge in [-0.25, -0.2) is 4.79 Å². The third kappa shape index (κ3) is 1.95. The van der Waals surface area contributed by atoms with Gasteiger partial charge in [-0.3, -0.25) is 4.57 Å². The first-order valence-corrected chi connectivity index (χ1v) is 6.15. The van der Waals surface area contributed by atoms with Crippen LogP contribution in [0.15, 0.2) is 27.4 Å². The van der Waals surface area contributed by atoms with Gasteiger partial charge >= 0.3 is 5.76 Å². The van der Waals surface area contributed by atoms with Crippen LogP contribution in [0.2, 0.25) is 0 Å². The first kappa shape index (κ1) is 10.4. The highest BCUT2D eigenvalue weighted by molar-refractivity contribution is 5.77. The van der Waals surface area contributed by atoms with Crippen molar-refractivity contribution < 1.29 is 4.42 Å². The fraction of sp³-hybridized carbons (Fsp3) is 0.462. The molecule has 0 bridgehead atoms. The summed E-state index contributed by atoms with van der Waals surface area (Å²) in [5.41, 5.74) is 2.57. The van der Waals surface area contributed by atoms with E-state index in [2.05, 4.69) is 5.32 Å². The maximum absolute atomic E-state index is 11.7. The van der Waals surface area contributed by atoms with E-state index in [9.17, 15) is 4.79 Å². The highest BCUT2D eigenvalue weighted by atomic mass is 16.4. The first-order chi connectivity index (χ1) is 8.28. The summed E-state index contributed by atoms with van der Waals surface area (Å²) in [4.78, 5) is 11.7. The summed E-state index contributed by atoms with van der Waals surface area (Å²) < 4.78 is 7.03. The van der Waals surface area contributed by atoms with Crippen LogP contribution >= 0.6 is 0 Å². The highest BCUT2D eigenvalue weighted by Gasteiger charge is 2.24. The molecule has 1 N–H and O–H groups in total. The third-order valence-electron chi connectivity index (χ3n) is 3.19. The van der Waals surface area contributed by atoms with Crippen molar-refractivity contribution in [3.8, 4) is 0 Å². The second-order valence-corrected chi connectivity index (χ2v) is 4.63. The molecule has 1 aliphatic rings. The van der Waals surface area contributed by atoms with Crippen molar-refractivity contribution >= 4 is 16.8 Å². The predicted molar refractivity (Wildman–Crippen MR) is 67.4 cm³/mol. The molecule has 17 heavy (non-hydrogen) atoms. The summed E-state index contributed by atoms with van der Waals surface area (Å²) >= 11 is 0. The fourth-order valence-electron chi connectivity index (χ4n) is 2.11. The minimum absolute atomic E-state index is 0.236. The molecule has 4 heteroatoms. The SMILES string of the molecule is CCNc1ccc2c(c1)oc(=O)n2CC1CC1. The lowest BCUT2D eigenvalue weighted by Crippen LogP contribution is -2.14. The molecule has 1 heterocycles. The van der Waals surface area contributed by atoms with Crippen molar-refractivity contribution in [1.29, 1.82) is 0 Å². The van der Waals surface area contributed by atoms with Gasteiger partial charge in [-0.2, -0.15) is 0 Å². The maximum Gasteiger partial charge on any atom is 0.419 e. The Morgan fingerprint density at radius 3 is 3.00 bits per heavy atom. The van der Waals surface area contributed by atoms with Gasteiger partial charge in [0.2, 0.25) is 0 Å². The largest absolute Gasteiger partial charge is 0.419 e. The van der Waals surface area contributed by atoms with Gasteiger partial charge in [-0.15, -0.1) is 0 Å². The highest BCUT2D eigenvalue weighted by Crippen LogP contribution is 2.31. The Balaban J connectivity index is 2.04. The number of benzene rings is 1. The number of rotatable bonds is 4. The van der Waals surface area contributed by atoms with E-state index in [0.717, 1.165) is 24.3 Å². The molecule has 0 unspecified atom stereocenters. The molecule has 0 radical (unpaired) electrons. The summed E-state index contributed by atoms with van der Waals surface area (Å²) in [6.45, 7) is 3.70. The molecule has 3 rings (SSSR count). The summed E-state index contributed by atoms with van der Waals surface area (Å²) in [7, 11) is 0. The van der Waals surface area contributed by atoms with Gasteiger partial charge < -0.3 is 9.73 Å². The number of nitrogens with zero attached hydrogens (tertiary/aromatic N) is 1. The monoisotopic (exact) mass is 232 g/mol. The number of hydrogen-bond donors (Lipinski definition) is 1. The van der Waals surface area contributed by atoms with Crippen LogP contribution in [0.5, 0.6) is 0 Å². The van der Waals surface area contributed by atoms with Gasteiger partial charge in [-0.1, -0.05) is 0 Å². The number of aromatic nitrogens is 1. The Bertz CT molecular complexity index is 593. The Labute approximate surface area is 99.2 Å². The molecule has 0 amide bonds. The number of nitrogens with one attached hydrogen (secondary N) is 1. The standard InChI is InChI=1S/C13H16N2O2/c1-2-14-10-5-6-11-12(7-10)17-13(16)15(11)8-9-3-4-9/h5-7,9,14H,2-4,8H2,1H3. The zero-order valence-electron chi connectivity index (χ0n) is 9.90. The van der Waals surface area contributed by atoms with Gasteiger partial charge in [-0.05, 0) is 37.8 Å². The Morgan fingerprint density at radius 1 is 1.47 bits per heavy atom. The minimum Gasteiger partial charge on any atom is -0.408 e. The lowest BCUT2D eigenvalue weighted by molar-refractivity contribution is 0.492. The Hall–Kier alpha value is -1.71. The van der Waals surface area contributed by atoms with Crippen LogP contribution in [0.3, 0.4) is 0 Å². The van der Waals surface area contributed by atoms with Crippen molar-refractivity contribution in [3.05, 3.63) is 28.7 Å². The van der Waals surface area contributed by atoms with Crippen LogP contribution in [0.25, 0.3) is 11.1 Å². The summed E-state index contributed by atoms with van der Waals surface area (Å²) in [5, 5.41) is 3.21. The van der Waals surface area contributed by atoms with E-state index in [0.29, 0.717) is 11.5 Å². The quantitative estimate of drug-likeness (QED) is 0.880. The summed E-state index contributed by atoms with van der Waals surface area (Å²) in [6.07, 6.45) is 2.46. The molecule has 0 atom stereocenters. The van der Waals surface area contributed by atoms with Crippen LogP contribution in [-0.4, -0.2) is 11.1 Å². The predicted octanol–water partition coefficient (Wildman–Crippen LogP) is 2.44. The average molecular weight is 232 g/mol. The van der Waals surface area contributed by atoms with E-state index in [1.807, 2.05) is 25.1 Å². The molecule has 4 nitrogen and oxygen atoms in total. The van der Waals surface area contributed by atoms with E-state index in [1.54, 1.807) is 4.57 Å². The molecule has 1 aromatic heterocycles. The Morgan fingerprint density at radius 2 is 2.29 bits per heavy atom. The summed E-state index contributed by atoms with van der Waals surface area (Å²) in [5.74, 6) is 0.433. The van der Waals surface area contributed by atoms with Crippen molar-refractivity contribution in [1.82, 2.24) is 4.57 Å². The zero-order valence-corrected chi connectivity index (χ0v) is 9.90. The molecule has 1 aliphatic carbocycles. The molecule has 1 fully saturated rings. The van der Waals surface area contributed by atoms with Crippen LogP contribution < -0.4 is 11.1 Å². The lowest BCUT2D eigenvalue weighted by Gasteiger charge is -2.03. The molecule has 2 aromatic rings. The van der Waals surface area contributed by atoms with Gasteiger partial charge in [0.25, 0.3) is 0 Å². The first-order valence-electron chi connectivity index (χ1n) is 6.15. The number of hydrogen-bond acceptors (Lipinski definition) is 3. The van der Waals surface area contributed by atoms with E-state index in [-0.39, 0.29) is 5.76 Å². The van der Waals surface area contributed by atoms with E-state index >= 15 is 0 Å². The van der Waals surface area contributed by atoms with Crippen molar-refractivity contribution in [2.24, 2.45) is 5.92 Å². The zero-order chi connectivity index (χ0) is 11.8. The van der Waals surface area contributed by atoms with E-state index in [1.165, 1.54) is 12.8 Å². The van der Waals surface area contributed by atoms with Gasteiger partial charge in [0.05, 0.1) is 5.52 Å². The third-order valence-corrected chi connectivity index (χ3v) is 3.19. The normalized spacial score (nSPS) is 15.4. The molecule has 0 spiro atoms. The van der Waals surface area contributed by atoms with Gasteiger partial charge in [0.15, 0.2) is 5.58 Å². The molecule has 0 aliphatic heterocycles. The second-order valence-electron chi connectivity index (χ2n) is 4.63. The van der Waals surface area contributed by atoms with Crippen LogP contribution in [0.4, 0.5) is 5.69 Å². The van der Waals surface area contributed by atoms with Gasteiger partial charge in [0.1, 0.15) is 0 Å². The summed E-state index contributed by atoms with van der Waals surface area (Å²) in [6, 6.07) is 5.84. The number of fused-ring (bicyclic) bond motifs is 1. The second kappa shape index (κ2) is 3.95. The molecule has 1 aromatic carbocycles. The molecular weight excluding hydrogens is 216 g/mol. The lowest BCUT2D eigenvalue weighted by atomic mass is 10.2. The average Bonchev–Trinajstić information content (AvgIpc) is 3.06. The fourth-order valence-corrected chi connectivity index (χ4v) is 2.11. The molecule has 1 saturated carbocycles. The minimum atomic E-state index is -0.236. The number of oxazole rings is 1. The van der Waals surface area contributed by atoms with Crippen LogP contribution in [0.1, 0.15) is 19.8 Å². The molecule has 0 saturated heterocycles.